The first-order chi connectivity index (χ1) is 8.65. The summed E-state index contributed by atoms with van der Waals surface area (Å²) in [6, 6.07) is 5.85. The first-order valence-electron chi connectivity index (χ1n) is 5.93. The fourth-order valence-corrected chi connectivity index (χ4v) is 3.24. The molecule has 0 saturated heterocycles. The SMILES string of the molecule is Nc1c(C(=O)NC2CCC2)sc2ccc(Cl)cc12. The highest BCUT2D eigenvalue weighted by Gasteiger charge is 2.23. The number of hydrogen-bond donors (Lipinski definition) is 2. The Morgan fingerprint density at radius 3 is 2.89 bits per heavy atom. The number of nitrogen functional groups attached to an aromatic ring is 1. The largest absolute Gasteiger partial charge is 0.397 e. The third-order valence-corrected chi connectivity index (χ3v) is 4.76. The number of fused-ring (bicyclic) bond motifs is 1. The average Bonchev–Trinajstić information content (AvgIpc) is 2.61. The normalized spacial score (nSPS) is 15.6. The summed E-state index contributed by atoms with van der Waals surface area (Å²) in [5.41, 5.74) is 6.57. The van der Waals surface area contributed by atoms with Crippen molar-refractivity contribution in [1.82, 2.24) is 5.32 Å². The van der Waals surface area contributed by atoms with Crippen LogP contribution in [0.15, 0.2) is 18.2 Å². The summed E-state index contributed by atoms with van der Waals surface area (Å²) in [6.45, 7) is 0. The molecule has 1 aliphatic rings. The summed E-state index contributed by atoms with van der Waals surface area (Å²) in [5, 5.41) is 4.51. The molecule has 1 amide bonds. The number of thiophene rings is 1. The molecule has 2 aromatic rings. The lowest BCUT2D eigenvalue weighted by atomic mass is 9.93. The molecule has 3 N–H and O–H groups in total. The van der Waals surface area contributed by atoms with Crippen LogP contribution in [-0.2, 0) is 0 Å². The molecule has 1 fully saturated rings. The van der Waals surface area contributed by atoms with E-state index in [4.69, 9.17) is 17.3 Å². The summed E-state index contributed by atoms with van der Waals surface area (Å²) in [7, 11) is 0. The molecule has 3 rings (SSSR count). The number of hydrogen-bond acceptors (Lipinski definition) is 3. The first-order valence-corrected chi connectivity index (χ1v) is 7.13. The van der Waals surface area contributed by atoms with Gasteiger partial charge in [-0.15, -0.1) is 11.3 Å². The maximum absolute atomic E-state index is 12.1. The van der Waals surface area contributed by atoms with E-state index in [1.165, 1.54) is 17.8 Å². The lowest BCUT2D eigenvalue weighted by Crippen LogP contribution is -2.39. The van der Waals surface area contributed by atoms with Crippen LogP contribution >= 0.6 is 22.9 Å². The molecule has 1 aromatic carbocycles. The first kappa shape index (κ1) is 11.8. The summed E-state index contributed by atoms with van der Waals surface area (Å²) in [4.78, 5) is 12.7. The van der Waals surface area contributed by atoms with E-state index < -0.39 is 0 Å². The minimum absolute atomic E-state index is 0.0606. The lowest BCUT2D eigenvalue weighted by Gasteiger charge is -2.26. The molecule has 0 bridgehead atoms. The fourth-order valence-electron chi connectivity index (χ4n) is 2.06. The number of amides is 1. The molecule has 5 heteroatoms. The molecule has 1 saturated carbocycles. The van der Waals surface area contributed by atoms with Gasteiger partial charge in [0, 0.05) is 21.2 Å². The summed E-state index contributed by atoms with van der Waals surface area (Å²) >= 11 is 7.37. The van der Waals surface area contributed by atoms with Crippen molar-refractivity contribution >= 4 is 44.6 Å². The Kier molecular flexibility index (Phi) is 2.92. The highest BCUT2D eigenvalue weighted by Crippen LogP contribution is 2.35. The highest BCUT2D eigenvalue weighted by molar-refractivity contribution is 7.21. The molecule has 0 aliphatic heterocycles. The van der Waals surface area contributed by atoms with Gasteiger partial charge in [-0.2, -0.15) is 0 Å². The van der Waals surface area contributed by atoms with Crippen LogP contribution < -0.4 is 11.1 Å². The molecule has 0 radical (unpaired) electrons. The van der Waals surface area contributed by atoms with Crippen molar-refractivity contribution in [2.24, 2.45) is 0 Å². The molecule has 0 spiro atoms. The van der Waals surface area contributed by atoms with Gasteiger partial charge in [0.05, 0.1) is 5.69 Å². The minimum atomic E-state index is -0.0606. The van der Waals surface area contributed by atoms with Crippen LogP contribution in [0.5, 0.6) is 0 Å². The Labute approximate surface area is 114 Å². The van der Waals surface area contributed by atoms with E-state index in [2.05, 4.69) is 5.32 Å². The molecule has 1 aromatic heterocycles. The van der Waals surface area contributed by atoms with Gasteiger partial charge in [-0.1, -0.05) is 11.6 Å². The molecule has 3 nitrogen and oxygen atoms in total. The van der Waals surface area contributed by atoms with Crippen molar-refractivity contribution in [3.8, 4) is 0 Å². The minimum Gasteiger partial charge on any atom is -0.397 e. The van der Waals surface area contributed by atoms with Crippen LogP contribution in [0, 0.1) is 0 Å². The molecule has 0 unspecified atom stereocenters. The van der Waals surface area contributed by atoms with Crippen molar-refractivity contribution in [3.63, 3.8) is 0 Å². The molecule has 18 heavy (non-hydrogen) atoms. The second-order valence-electron chi connectivity index (χ2n) is 4.59. The van der Waals surface area contributed by atoms with Crippen LogP contribution in [0.3, 0.4) is 0 Å². The topological polar surface area (TPSA) is 55.1 Å². The van der Waals surface area contributed by atoms with Crippen molar-refractivity contribution in [2.45, 2.75) is 25.3 Å². The zero-order chi connectivity index (χ0) is 12.7. The van der Waals surface area contributed by atoms with Crippen LogP contribution in [0.25, 0.3) is 10.1 Å². The number of nitrogens with one attached hydrogen (secondary N) is 1. The van der Waals surface area contributed by atoms with E-state index in [1.54, 1.807) is 0 Å². The Bertz CT molecular complexity index is 619. The second-order valence-corrected chi connectivity index (χ2v) is 6.08. The maximum atomic E-state index is 12.1. The summed E-state index contributed by atoms with van der Waals surface area (Å²) in [6.07, 6.45) is 3.34. The number of carbonyl (C=O) groups is 1. The third kappa shape index (κ3) is 1.95. The lowest BCUT2D eigenvalue weighted by molar-refractivity contribution is 0.0922. The van der Waals surface area contributed by atoms with Gasteiger partial charge in [-0.3, -0.25) is 4.79 Å². The third-order valence-electron chi connectivity index (χ3n) is 3.34. The monoisotopic (exact) mass is 280 g/mol. The van der Waals surface area contributed by atoms with E-state index >= 15 is 0 Å². The number of rotatable bonds is 2. The molecule has 0 atom stereocenters. The van der Waals surface area contributed by atoms with Crippen molar-refractivity contribution in [1.29, 1.82) is 0 Å². The maximum Gasteiger partial charge on any atom is 0.263 e. The van der Waals surface area contributed by atoms with E-state index in [1.807, 2.05) is 18.2 Å². The van der Waals surface area contributed by atoms with Crippen molar-refractivity contribution in [3.05, 3.63) is 28.1 Å². The zero-order valence-corrected chi connectivity index (χ0v) is 11.3. The number of halogens is 1. The van der Waals surface area contributed by atoms with Gasteiger partial charge in [0.15, 0.2) is 0 Å². The Balaban J connectivity index is 1.95. The number of benzene rings is 1. The van der Waals surface area contributed by atoms with Gasteiger partial charge >= 0.3 is 0 Å². The standard InChI is InChI=1S/C13H13ClN2OS/c14-7-4-5-10-9(6-7)11(15)12(18-10)13(17)16-8-2-1-3-8/h4-6,8H,1-3,15H2,(H,16,17). The summed E-state index contributed by atoms with van der Waals surface area (Å²) < 4.78 is 0.996. The van der Waals surface area contributed by atoms with Gasteiger partial charge < -0.3 is 11.1 Å². The zero-order valence-electron chi connectivity index (χ0n) is 9.70. The quantitative estimate of drug-likeness (QED) is 0.886. The van der Waals surface area contributed by atoms with Crippen LogP contribution in [0.2, 0.25) is 5.02 Å². The summed E-state index contributed by atoms with van der Waals surface area (Å²) in [5.74, 6) is -0.0606. The Morgan fingerprint density at radius 2 is 2.22 bits per heavy atom. The Hall–Kier alpha value is -1.26. The predicted molar refractivity (Wildman–Crippen MR) is 76.4 cm³/mol. The molecule has 1 heterocycles. The smallest absolute Gasteiger partial charge is 0.263 e. The van der Waals surface area contributed by atoms with Crippen LogP contribution in [-0.4, -0.2) is 11.9 Å². The second kappa shape index (κ2) is 4.44. The molecule has 1 aliphatic carbocycles. The van der Waals surface area contributed by atoms with E-state index in [0.29, 0.717) is 21.6 Å². The van der Waals surface area contributed by atoms with Crippen molar-refractivity contribution in [2.75, 3.05) is 5.73 Å². The predicted octanol–water partition coefficient (Wildman–Crippen LogP) is 3.42. The van der Waals surface area contributed by atoms with Gasteiger partial charge in [0.2, 0.25) is 0 Å². The number of nitrogens with two attached hydrogens (primary N) is 1. The molecule has 94 valence electrons. The average molecular weight is 281 g/mol. The number of anilines is 1. The fraction of sp³-hybridized carbons (Fsp3) is 0.308. The molecular formula is C13H13ClN2OS. The van der Waals surface area contributed by atoms with E-state index in [9.17, 15) is 4.79 Å². The van der Waals surface area contributed by atoms with Crippen molar-refractivity contribution < 1.29 is 4.79 Å². The molecular weight excluding hydrogens is 268 g/mol. The van der Waals surface area contributed by atoms with Gasteiger partial charge in [0.25, 0.3) is 5.91 Å². The van der Waals surface area contributed by atoms with E-state index in [0.717, 1.165) is 22.9 Å². The highest BCUT2D eigenvalue weighted by atomic mass is 35.5. The van der Waals surface area contributed by atoms with E-state index in [-0.39, 0.29) is 5.91 Å². The Morgan fingerprint density at radius 1 is 1.44 bits per heavy atom. The van der Waals surface area contributed by atoms with Gasteiger partial charge in [0.1, 0.15) is 4.88 Å². The van der Waals surface area contributed by atoms with Gasteiger partial charge in [-0.05, 0) is 37.5 Å². The number of carbonyl (C=O) groups excluding carboxylic acids is 1. The van der Waals surface area contributed by atoms with Crippen LogP contribution in [0.1, 0.15) is 28.9 Å². The van der Waals surface area contributed by atoms with Gasteiger partial charge in [-0.25, -0.2) is 0 Å². The van der Waals surface area contributed by atoms with Crippen LogP contribution in [0.4, 0.5) is 5.69 Å².